The van der Waals surface area contributed by atoms with Gasteiger partial charge in [-0.25, -0.2) is 4.98 Å². The molecule has 4 aromatic carbocycles. The van der Waals surface area contributed by atoms with Crippen molar-refractivity contribution in [2.45, 2.75) is 0 Å². The summed E-state index contributed by atoms with van der Waals surface area (Å²) in [6, 6.07) is 23.6. The fourth-order valence-electron chi connectivity index (χ4n) is 3.42. The smallest absolute Gasteiger partial charge is 0.138 e. The number of hydrogen-bond acceptors (Lipinski definition) is 1. The number of aromatic nitrogens is 2. The predicted octanol–water partition coefficient (Wildman–Crippen LogP) is 6.75. The van der Waals surface area contributed by atoms with Crippen LogP contribution in [0, 0.1) is 7.14 Å². The molecule has 4 heteroatoms. The molecule has 0 aliphatic carbocycles. The molecule has 120 valence electrons. The van der Waals surface area contributed by atoms with Crippen LogP contribution in [0.4, 0.5) is 0 Å². The zero-order valence-electron chi connectivity index (χ0n) is 13.1. The van der Waals surface area contributed by atoms with E-state index in [4.69, 9.17) is 4.98 Å². The number of hydrogen-bond donors (Lipinski definition) is 1. The summed E-state index contributed by atoms with van der Waals surface area (Å²) in [4.78, 5) is 8.56. The van der Waals surface area contributed by atoms with Crippen molar-refractivity contribution < 1.29 is 0 Å². The Morgan fingerprint density at radius 1 is 0.680 bits per heavy atom. The van der Waals surface area contributed by atoms with Gasteiger partial charge in [-0.05, 0) is 80.2 Å². The summed E-state index contributed by atoms with van der Waals surface area (Å²) in [5.41, 5.74) is 3.27. The van der Waals surface area contributed by atoms with Crippen molar-refractivity contribution in [2.75, 3.05) is 0 Å². The van der Waals surface area contributed by atoms with Gasteiger partial charge in [0.2, 0.25) is 0 Å². The third kappa shape index (κ3) is 2.54. The fraction of sp³-hybridized carbons (Fsp3) is 0. The Morgan fingerprint density at radius 3 is 2.28 bits per heavy atom. The molecule has 25 heavy (non-hydrogen) atoms. The molecule has 1 aromatic heterocycles. The maximum absolute atomic E-state index is 4.98. The molecular formula is C21H12I2N2. The molecule has 0 amide bonds. The maximum Gasteiger partial charge on any atom is 0.138 e. The highest BCUT2D eigenvalue weighted by Crippen LogP contribution is 2.36. The lowest BCUT2D eigenvalue weighted by Crippen LogP contribution is -1.83. The van der Waals surface area contributed by atoms with Crippen molar-refractivity contribution >= 4 is 77.8 Å². The van der Waals surface area contributed by atoms with Gasteiger partial charge in [-0.3, -0.25) is 0 Å². The van der Waals surface area contributed by atoms with Gasteiger partial charge in [-0.2, -0.15) is 0 Å². The van der Waals surface area contributed by atoms with Crippen molar-refractivity contribution in [1.82, 2.24) is 9.97 Å². The first kappa shape index (κ1) is 15.6. The Morgan fingerprint density at radius 2 is 1.44 bits per heavy atom. The van der Waals surface area contributed by atoms with Gasteiger partial charge in [-0.15, -0.1) is 0 Å². The van der Waals surface area contributed by atoms with Gasteiger partial charge < -0.3 is 4.98 Å². The summed E-state index contributed by atoms with van der Waals surface area (Å²) in [5.74, 6) is 0.921. The molecule has 0 unspecified atom stereocenters. The van der Waals surface area contributed by atoms with Crippen LogP contribution in [0.2, 0.25) is 0 Å². The van der Waals surface area contributed by atoms with Gasteiger partial charge in [0.1, 0.15) is 5.82 Å². The van der Waals surface area contributed by atoms with Crippen molar-refractivity contribution in [3.05, 3.63) is 73.9 Å². The molecule has 0 aliphatic rings. The molecule has 0 spiro atoms. The van der Waals surface area contributed by atoms with E-state index >= 15 is 0 Å². The average molecular weight is 546 g/mol. The number of aromatic amines is 1. The summed E-state index contributed by atoms with van der Waals surface area (Å²) < 4.78 is 2.43. The second-order valence-corrected chi connectivity index (χ2v) is 8.55. The summed E-state index contributed by atoms with van der Waals surface area (Å²) in [5, 5.41) is 4.94. The summed E-state index contributed by atoms with van der Waals surface area (Å²) in [6.45, 7) is 0. The molecule has 0 radical (unpaired) electrons. The summed E-state index contributed by atoms with van der Waals surface area (Å²) in [6.07, 6.45) is 0. The second-order valence-electron chi connectivity index (χ2n) is 6.05. The van der Waals surface area contributed by atoms with E-state index in [0.29, 0.717) is 0 Å². The molecule has 5 aromatic rings. The van der Waals surface area contributed by atoms with Crippen molar-refractivity contribution in [3.63, 3.8) is 0 Å². The van der Waals surface area contributed by atoms with Crippen LogP contribution in [0.1, 0.15) is 0 Å². The van der Waals surface area contributed by atoms with E-state index < -0.39 is 0 Å². The molecule has 1 N–H and O–H groups in total. The predicted molar refractivity (Wildman–Crippen MR) is 122 cm³/mol. The van der Waals surface area contributed by atoms with Crippen LogP contribution in [-0.4, -0.2) is 9.97 Å². The Hall–Kier alpha value is -1.67. The highest BCUT2D eigenvalue weighted by molar-refractivity contribution is 14.1. The maximum atomic E-state index is 4.98. The fourth-order valence-corrected chi connectivity index (χ4v) is 4.45. The van der Waals surface area contributed by atoms with Gasteiger partial charge in [0.15, 0.2) is 0 Å². The topological polar surface area (TPSA) is 28.7 Å². The van der Waals surface area contributed by atoms with E-state index in [-0.39, 0.29) is 0 Å². The van der Waals surface area contributed by atoms with Crippen molar-refractivity contribution in [3.8, 4) is 11.4 Å². The molecular weight excluding hydrogens is 534 g/mol. The quantitative estimate of drug-likeness (QED) is 0.183. The van der Waals surface area contributed by atoms with Crippen molar-refractivity contribution in [2.24, 2.45) is 0 Å². The van der Waals surface area contributed by atoms with Crippen LogP contribution in [0.25, 0.3) is 44.0 Å². The Balaban J connectivity index is 1.96. The van der Waals surface area contributed by atoms with Crippen LogP contribution >= 0.6 is 45.2 Å². The second kappa shape index (κ2) is 5.95. The minimum atomic E-state index is 0.921. The van der Waals surface area contributed by atoms with Crippen molar-refractivity contribution in [1.29, 1.82) is 0 Å². The molecule has 0 aliphatic heterocycles. The number of H-pyrrole nitrogens is 1. The van der Waals surface area contributed by atoms with Gasteiger partial charge in [-0.1, -0.05) is 42.5 Å². The Kier molecular flexibility index (Phi) is 3.71. The lowest BCUT2D eigenvalue weighted by Gasteiger charge is -2.06. The molecule has 0 saturated carbocycles. The minimum Gasteiger partial charge on any atom is -0.337 e. The standard InChI is InChI=1S/C21H12I2N2/c22-13-5-3-4-12(10-13)21-24-19-17-7-2-1-6-15(17)16-9-8-14(23)11-18(16)20(19)25-21/h1-11H,(H,24,25). The van der Waals surface area contributed by atoms with Crippen LogP contribution in [-0.2, 0) is 0 Å². The van der Waals surface area contributed by atoms with Crippen LogP contribution in [0.15, 0.2) is 66.7 Å². The van der Waals surface area contributed by atoms with Crippen LogP contribution in [0.5, 0.6) is 0 Å². The van der Waals surface area contributed by atoms with Gasteiger partial charge >= 0.3 is 0 Å². The number of nitrogens with one attached hydrogen (secondary N) is 1. The van der Waals surface area contributed by atoms with Crippen LogP contribution in [0.3, 0.4) is 0 Å². The van der Waals surface area contributed by atoms with Gasteiger partial charge in [0.05, 0.1) is 11.0 Å². The Labute approximate surface area is 171 Å². The SMILES string of the molecule is Ic1cccc(-c2nc3c4cc(I)ccc4c4ccccc4c3[nH]2)c1. The van der Waals surface area contributed by atoms with E-state index in [2.05, 4.69) is 117 Å². The molecule has 0 bridgehead atoms. The molecule has 1 heterocycles. The largest absolute Gasteiger partial charge is 0.337 e. The third-order valence-corrected chi connectivity index (χ3v) is 5.87. The first-order valence-electron chi connectivity index (χ1n) is 7.96. The van der Waals surface area contributed by atoms with Crippen LogP contribution < -0.4 is 0 Å². The summed E-state index contributed by atoms with van der Waals surface area (Å²) in [7, 11) is 0. The van der Waals surface area contributed by atoms with E-state index in [0.717, 1.165) is 22.4 Å². The third-order valence-electron chi connectivity index (χ3n) is 4.53. The molecule has 5 rings (SSSR count). The Bertz CT molecular complexity index is 1270. The van der Waals surface area contributed by atoms with Gasteiger partial charge in [0.25, 0.3) is 0 Å². The number of fused-ring (bicyclic) bond motifs is 6. The zero-order valence-corrected chi connectivity index (χ0v) is 17.4. The lowest BCUT2D eigenvalue weighted by atomic mass is 10.0. The van der Waals surface area contributed by atoms with E-state index in [1.165, 1.54) is 28.7 Å². The number of halogens is 2. The van der Waals surface area contributed by atoms with Gasteiger partial charge in [0, 0.05) is 23.5 Å². The number of rotatable bonds is 1. The van der Waals surface area contributed by atoms with E-state index in [9.17, 15) is 0 Å². The molecule has 2 nitrogen and oxygen atoms in total. The highest BCUT2D eigenvalue weighted by Gasteiger charge is 2.14. The number of benzene rings is 4. The summed E-state index contributed by atoms with van der Waals surface area (Å²) >= 11 is 4.71. The zero-order chi connectivity index (χ0) is 17.0. The molecule has 0 saturated heterocycles. The number of nitrogens with zero attached hydrogens (tertiary/aromatic N) is 1. The molecule has 0 fully saturated rings. The first-order chi connectivity index (χ1) is 12.2. The van der Waals surface area contributed by atoms with E-state index in [1.807, 2.05) is 0 Å². The first-order valence-corrected chi connectivity index (χ1v) is 10.1. The van der Waals surface area contributed by atoms with E-state index in [1.54, 1.807) is 0 Å². The lowest BCUT2D eigenvalue weighted by molar-refractivity contribution is 1.34. The number of imidazole rings is 1. The average Bonchev–Trinajstić information content (AvgIpc) is 3.08. The highest BCUT2D eigenvalue weighted by atomic mass is 127. The monoisotopic (exact) mass is 546 g/mol. The molecule has 0 atom stereocenters. The minimum absolute atomic E-state index is 0.921. The normalized spacial score (nSPS) is 11.6.